The summed E-state index contributed by atoms with van der Waals surface area (Å²) in [5, 5.41) is 8.84. The van der Waals surface area contributed by atoms with E-state index >= 15 is 0 Å². The van der Waals surface area contributed by atoms with Crippen LogP contribution < -0.4 is 5.56 Å². The van der Waals surface area contributed by atoms with Crippen LogP contribution in [0.4, 0.5) is 13.2 Å². The van der Waals surface area contributed by atoms with Gasteiger partial charge >= 0.3 is 12.1 Å². The molecule has 1 N–H and O–H groups in total. The molecule has 0 saturated carbocycles. The molecule has 25 heavy (non-hydrogen) atoms. The highest BCUT2D eigenvalue weighted by atomic mass is 19.4. The highest BCUT2D eigenvalue weighted by Gasteiger charge is 2.35. The monoisotopic (exact) mass is 360 g/mol. The van der Waals surface area contributed by atoms with Crippen molar-refractivity contribution in [1.29, 1.82) is 0 Å². The van der Waals surface area contributed by atoms with Gasteiger partial charge in [0.15, 0.2) is 0 Å². The van der Waals surface area contributed by atoms with Crippen LogP contribution in [0.15, 0.2) is 17.1 Å². The van der Waals surface area contributed by atoms with Gasteiger partial charge in [-0.15, -0.1) is 0 Å². The summed E-state index contributed by atoms with van der Waals surface area (Å²) >= 11 is 0. The lowest BCUT2D eigenvalue weighted by atomic mass is 9.96. The van der Waals surface area contributed by atoms with E-state index in [1.807, 2.05) is 0 Å². The van der Waals surface area contributed by atoms with Crippen molar-refractivity contribution in [3.8, 4) is 0 Å². The molecule has 1 aliphatic heterocycles. The van der Waals surface area contributed by atoms with Crippen LogP contribution in [-0.4, -0.2) is 40.2 Å². The first kappa shape index (κ1) is 19.5. The van der Waals surface area contributed by atoms with Crippen molar-refractivity contribution < 1.29 is 23.1 Å². The summed E-state index contributed by atoms with van der Waals surface area (Å²) in [4.78, 5) is 25.1. The molecule has 1 fully saturated rings. The first-order chi connectivity index (χ1) is 11.5. The van der Waals surface area contributed by atoms with Gasteiger partial charge in [0.2, 0.25) is 0 Å². The predicted octanol–water partition coefficient (Wildman–Crippen LogP) is 2.72. The summed E-state index contributed by atoms with van der Waals surface area (Å²) in [6.45, 7) is 5.58. The number of carbonyl (C=O) groups is 1. The standard InChI is InChI=1S/C17H23F3N2O3/c1-16(2,6-4-15(24)25)22-11-12(5-9-21-7-3-8-21)13(10-14(22)23)17(18,19)20/h10-11H,3-9H2,1-2H3,(H,24,25). The second kappa shape index (κ2) is 7.19. The lowest BCUT2D eigenvalue weighted by Crippen LogP contribution is -2.40. The Labute approximate surface area is 144 Å². The molecule has 0 aliphatic carbocycles. The third-order valence-corrected chi connectivity index (χ3v) is 4.69. The number of hydrogen-bond donors (Lipinski definition) is 1. The SMILES string of the molecule is CC(C)(CCC(=O)O)n1cc(CCN2CCC2)c(C(F)(F)F)cc1=O. The van der Waals surface area contributed by atoms with Crippen molar-refractivity contribution >= 4 is 5.97 Å². The molecule has 1 aromatic heterocycles. The molecule has 5 nitrogen and oxygen atoms in total. The Hall–Kier alpha value is -1.83. The van der Waals surface area contributed by atoms with Crippen molar-refractivity contribution in [2.45, 2.75) is 51.2 Å². The second-order valence-electron chi connectivity index (χ2n) is 7.07. The van der Waals surface area contributed by atoms with Crippen molar-refractivity contribution in [1.82, 2.24) is 9.47 Å². The van der Waals surface area contributed by atoms with E-state index in [0.29, 0.717) is 12.6 Å². The van der Waals surface area contributed by atoms with E-state index in [1.165, 1.54) is 10.8 Å². The van der Waals surface area contributed by atoms with E-state index in [4.69, 9.17) is 5.11 Å². The van der Waals surface area contributed by atoms with Gasteiger partial charge in [-0.3, -0.25) is 9.59 Å². The van der Waals surface area contributed by atoms with Crippen molar-refractivity contribution in [2.24, 2.45) is 0 Å². The quantitative estimate of drug-likeness (QED) is 0.812. The molecular weight excluding hydrogens is 337 g/mol. The Kier molecular flexibility index (Phi) is 5.61. The Morgan fingerprint density at radius 2 is 1.92 bits per heavy atom. The van der Waals surface area contributed by atoms with Crippen LogP contribution >= 0.6 is 0 Å². The van der Waals surface area contributed by atoms with E-state index in [1.54, 1.807) is 13.8 Å². The minimum atomic E-state index is -4.59. The van der Waals surface area contributed by atoms with Crippen molar-refractivity contribution in [2.75, 3.05) is 19.6 Å². The molecule has 8 heteroatoms. The van der Waals surface area contributed by atoms with E-state index < -0.39 is 28.8 Å². The van der Waals surface area contributed by atoms with Crippen molar-refractivity contribution in [3.05, 3.63) is 33.7 Å². The Balaban J connectivity index is 2.36. The number of halogens is 3. The summed E-state index contributed by atoms with van der Waals surface area (Å²) in [7, 11) is 0. The largest absolute Gasteiger partial charge is 0.481 e. The van der Waals surface area contributed by atoms with Gasteiger partial charge in [-0.1, -0.05) is 0 Å². The number of carboxylic acid groups (broad SMARTS) is 1. The maximum absolute atomic E-state index is 13.3. The number of aromatic nitrogens is 1. The third kappa shape index (κ3) is 4.84. The first-order valence-electron chi connectivity index (χ1n) is 8.28. The smallest absolute Gasteiger partial charge is 0.416 e. The van der Waals surface area contributed by atoms with E-state index in [2.05, 4.69) is 4.90 Å². The maximum atomic E-state index is 13.3. The topological polar surface area (TPSA) is 62.5 Å². The van der Waals surface area contributed by atoms with Crippen LogP contribution in [0.1, 0.15) is 44.2 Å². The fraction of sp³-hybridized carbons (Fsp3) is 0.647. The number of rotatable bonds is 7. The van der Waals surface area contributed by atoms with Gasteiger partial charge in [0.25, 0.3) is 5.56 Å². The average molecular weight is 360 g/mol. The molecule has 0 radical (unpaired) electrons. The number of likely N-dealkylation sites (tertiary alicyclic amines) is 1. The lowest BCUT2D eigenvalue weighted by Gasteiger charge is -2.32. The number of hydrogen-bond acceptors (Lipinski definition) is 3. The van der Waals surface area contributed by atoms with E-state index in [-0.39, 0.29) is 24.8 Å². The van der Waals surface area contributed by atoms with E-state index in [0.717, 1.165) is 19.5 Å². The van der Waals surface area contributed by atoms with Crippen LogP contribution in [-0.2, 0) is 22.9 Å². The summed E-state index contributed by atoms with van der Waals surface area (Å²) < 4.78 is 41.1. The van der Waals surface area contributed by atoms with Gasteiger partial charge in [0.05, 0.1) is 5.56 Å². The highest BCUT2D eigenvalue weighted by Crippen LogP contribution is 2.32. The Bertz CT molecular complexity index is 691. The number of alkyl halides is 3. The van der Waals surface area contributed by atoms with Crippen LogP contribution in [0.25, 0.3) is 0 Å². The number of carboxylic acids is 1. The second-order valence-corrected chi connectivity index (χ2v) is 7.07. The molecule has 1 saturated heterocycles. The van der Waals surface area contributed by atoms with Crippen LogP contribution in [0.3, 0.4) is 0 Å². The fourth-order valence-corrected chi connectivity index (χ4v) is 2.93. The molecule has 2 heterocycles. The van der Waals surface area contributed by atoms with Gasteiger partial charge in [-0.25, -0.2) is 0 Å². The average Bonchev–Trinajstić information content (AvgIpc) is 2.43. The van der Waals surface area contributed by atoms with E-state index in [9.17, 15) is 22.8 Å². The predicted molar refractivity (Wildman–Crippen MR) is 86.7 cm³/mol. The zero-order valence-corrected chi connectivity index (χ0v) is 14.4. The summed E-state index contributed by atoms with van der Waals surface area (Å²) in [6, 6.07) is 0.633. The lowest BCUT2D eigenvalue weighted by molar-refractivity contribution is -0.138. The fourth-order valence-electron chi connectivity index (χ4n) is 2.93. The number of nitrogens with zero attached hydrogens (tertiary/aromatic N) is 2. The van der Waals surface area contributed by atoms with Crippen molar-refractivity contribution in [3.63, 3.8) is 0 Å². The van der Waals surface area contributed by atoms with Gasteiger partial charge < -0.3 is 14.6 Å². The zero-order chi connectivity index (χ0) is 18.8. The molecule has 0 amide bonds. The highest BCUT2D eigenvalue weighted by molar-refractivity contribution is 5.66. The molecule has 0 aromatic carbocycles. The van der Waals surface area contributed by atoms with Crippen LogP contribution in [0.2, 0.25) is 0 Å². The molecule has 0 spiro atoms. The first-order valence-corrected chi connectivity index (χ1v) is 8.28. The molecular formula is C17H23F3N2O3. The Morgan fingerprint density at radius 3 is 2.40 bits per heavy atom. The molecule has 140 valence electrons. The van der Waals surface area contributed by atoms with Gasteiger partial charge in [0.1, 0.15) is 0 Å². The summed E-state index contributed by atoms with van der Waals surface area (Å²) in [5.74, 6) is -1.01. The summed E-state index contributed by atoms with van der Waals surface area (Å²) in [5.41, 5.74) is -2.48. The minimum Gasteiger partial charge on any atom is -0.481 e. The third-order valence-electron chi connectivity index (χ3n) is 4.69. The van der Waals surface area contributed by atoms with Gasteiger partial charge in [-0.2, -0.15) is 13.2 Å². The van der Waals surface area contributed by atoms with Gasteiger partial charge in [0, 0.05) is 30.8 Å². The Morgan fingerprint density at radius 1 is 1.28 bits per heavy atom. The summed E-state index contributed by atoms with van der Waals surface area (Å²) in [6.07, 6.45) is -2.10. The van der Waals surface area contributed by atoms with Crippen LogP contribution in [0, 0.1) is 0 Å². The number of aliphatic carboxylic acids is 1. The molecule has 0 atom stereocenters. The molecule has 0 unspecified atom stereocenters. The van der Waals surface area contributed by atoms with Gasteiger partial charge in [-0.05, 0) is 51.8 Å². The normalized spacial score (nSPS) is 15.9. The van der Waals surface area contributed by atoms with Crippen LogP contribution in [0.5, 0.6) is 0 Å². The molecule has 2 rings (SSSR count). The number of pyridine rings is 1. The molecule has 0 bridgehead atoms. The molecule has 1 aromatic rings. The maximum Gasteiger partial charge on any atom is 0.416 e. The minimum absolute atomic E-state index is 0.0717. The molecule has 1 aliphatic rings. The zero-order valence-electron chi connectivity index (χ0n) is 14.4.